The van der Waals surface area contributed by atoms with Crippen LogP contribution in [0, 0.1) is 0 Å². The van der Waals surface area contributed by atoms with Gasteiger partial charge >= 0.3 is 0 Å². The number of hydrogen-bond donors (Lipinski definition) is 0. The highest BCUT2D eigenvalue weighted by Gasteiger charge is 2.14. The quantitative estimate of drug-likeness (QED) is 0.212. The van der Waals surface area contributed by atoms with Crippen molar-refractivity contribution < 1.29 is 0 Å². The van der Waals surface area contributed by atoms with Gasteiger partial charge in [-0.3, -0.25) is 4.98 Å². The van der Waals surface area contributed by atoms with E-state index in [0.29, 0.717) is 11.6 Å². The fraction of sp³-hybridized carbons (Fsp3) is 0. The Morgan fingerprint density at radius 1 is 0.333 bits per heavy atom. The molecule has 5 aromatic carbocycles. The lowest BCUT2D eigenvalue weighted by Crippen LogP contribution is -1.97. The average Bonchev–Trinajstić information content (AvgIpc) is 3.09. The number of aromatic nitrogens is 4. The molecule has 0 saturated heterocycles. The Morgan fingerprint density at radius 3 is 1.50 bits per heavy atom. The standard InChI is InChI=1S/C38H26N4/c1-4-11-27(12-5-1)29-18-20-31(21-19-29)37-40-26-41-38(42-37)34-24-32(28-13-6-2-7-14-28)23-33(25-34)36-35(17-10-22-39-36)30-15-8-3-9-16-30/h1-26H. The van der Waals surface area contributed by atoms with E-state index in [1.165, 1.54) is 5.56 Å². The molecule has 0 aliphatic heterocycles. The van der Waals surface area contributed by atoms with E-state index >= 15 is 0 Å². The first kappa shape index (κ1) is 25.2. The van der Waals surface area contributed by atoms with Crippen LogP contribution in [0.2, 0.25) is 0 Å². The summed E-state index contributed by atoms with van der Waals surface area (Å²) in [5.74, 6) is 1.25. The van der Waals surface area contributed by atoms with Crippen molar-refractivity contribution >= 4 is 0 Å². The smallest absolute Gasteiger partial charge is 0.163 e. The zero-order chi connectivity index (χ0) is 28.1. The number of pyridine rings is 1. The van der Waals surface area contributed by atoms with Crippen LogP contribution < -0.4 is 0 Å². The number of nitrogens with zero attached hydrogens (tertiary/aromatic N) is 4. The van der Waals surface area contributed by atoms with Gasteiger partial charge in [0.25, 0.3) is 0 Å². The molecule has 4 heteroatoms. The molecule has 4 nitrogen and oxygen atoms in total. The van der Waals surface area contributed by atoms with Crippen LogP contribution in [0.3, 0.4) is 0 Å². The lowest BCUT2D eigenvalue weighted by molar-refractivity contribution is 1.07. The average molecular weight is 539 g/mol. The maximum atomic E-state index is 4.92. The van der Waals surface area contributed by atoms with Gasteiger partial charge < -0.3 is 0 Å². The molecule has 0 fully saturated rings. The van der Waals surface area contributed by atoms with E-state index in [1.54, 1.807) is 6.33 Å². The molecular weight excluding hydrogens is 512 g/mol. The topological polar surface area (TPSA) is 51.6 Å². The van der Waals surface area contributed by atoms with Crippen molar-refractivity contribution in [2.24, 2.45) is 0 Å². The van der Waals surface area contributed by atoms with Crippen molar-refractivity contribution in [3.63, 3.8) is 0 Å². The Hall–Kier alpha value is -5.74. The minimum atomic E-state index is 0.614. The lowest BCUT2D eigenvalue weighted by Gasteiger charge is -2.13. The number of rotatable bonds is 6. The molecule has 0 spiro atoms. The predicted octanol–water partition coefficient (Wildman–Crippen LogP) is 9.27. The summed E-state index contributed by atoms with van der Waals surface area (Å²) in [6, 6.07) is 50.0. The van der Waals surface area contributed by atoms with Gasteiger partial charge in [-0.15, -0.1) is 0 Å². The first-order valence-corrected chi connectivity index (χ1v) is 13.9. The van der Waals surface area contributed by atoms with Gasteiger partial charge in [-0.05, 0) is 52.1 Å². The first-order valence-electron chi connectivity index (χ1n) is 13.9. The van der Waals surface area contributed by atoms with Crippen molar-refractivity contribution in [2.75, 3.05) is 0 Å². The molecule has 0 N–H and O–H groups in total. The molecule has 7 rings (SSSR count). The Morgan fingerprint density at radius 2 is 0.833 bits per heavy atom. The maximum absolute atomic E-state index is 4.92. The maximum Gasteiger partial charge on any atom is 0.163 e. The van der Waals surface area contributed by atoms with E-state index in [0.717, 1.165) is 50.2 Å². The minimum Gasteiger partial charge on any atom is -0.256 e. The van der Waals surface area contributed by atoms with Crippen molar-refractivity contribution in [1.29, 1.82) is 0 Å². The Balaban J connectivity index is 1.33. The van der Waals surface area contributed by atoms with Gasteiger partial charge in [0, 0.05) is 28.5 Å². The first-order chi connectivity index (χ1) is 20.8. The molecule has 7 aromatic rings. The fourth-order valence-electron chi connectivity index (χ4n) is 5.19. The normalized spacial score (nSPS) is 10.9. The summed E-state index contributed by atoms with van der Waals surface area (Å²) in [7, 11) is 0. The molecule has 198 valence electrons. The molecule has 0 bridgehead atoms. The van der Waals surface area contributed by atoms with E-state index < -0.39 is 0 Å². The van der Waals surface area contributed by atoms with Crippen LogP contribution in [-0.2, 0) is 0 Å². The monoisotopic (exact) mass is 538 g/mol. The van der Waals surface area contributed by atoms with Crippen molar-refractivity contribution in [3.8, 4) is 67.4 Å². The summed E-state index contributed by atoms with van der Waals surface area (Å²) in [6.07, 6.45) is 3.44. The summed E-state index contributed by atoms with van der Waals surface area (Å²) in [6.45, 7) is 0. The van der Waals surface area contributed by atoms with Crippen LogP contribution in [0.1, 0.15) is 0 Å². The fourth-order valence-corrected chi connectivity index (χ4v) is 5.19. The van der Waals surface area contributed by atoms with Crippen molar-refractivity contribution in [2.45, 2.75) is 0 Å². The SMILES string of the molecule is c1ccc(-c2ccc(-c3ncnc(-c4cc(-c5ccccc5)cc(-c5ncccc5-c5ccccc5)c4)n3)cc2)cc1. The second kappa shape index (κ2) is 11.4. The Kier molecular flexibility index (Phi) is 6.85. The third-order valence-electron chi connectivity index (χ3n) is 7.29. The van der Waals surface area contributed by atoms with E-state index in [1.807, 2.05) is 42.6 Å². The van der Waals surface area contributed by atoms with Gasteiger partial charge in [-0.2, -0.15) is 0 Å². The Labute approximate surface area is 245 Å². The van der Waals surface area contributed by atoms with Gasteiger partial charge in [0.05, 0.1) is 5.69 Å². The summed E-state index contributed by atoms with van der Waals surface area (Å²) >= 11 is 0. The molecule has 2 heterocycles. The van der Waals surface area contributed by atoms with Crippen LogP contribution in [-0.4, -0.2) is 19.9 Å². The molecule has 0 aliphatic carbocycles. The molecule has 0 saturated carbocycles. The Bertz CT molecular complexity index is 1950. The van der Waals surface area contributed by atoms with E-state index in [-0.39, 0.29) is 0 Å². The van der Waals surface area contributed by atoms with E-state index in [9.17, 15) is 0 Å². The van der Waals surface area contributed by atoms with Crippen molar-refractivity contribution in [1.82, 2.24) is 19.9 Å². The molecule has 0 radical (unpaired) electrons. The third kappa shape index (κ3) is 5.21. The number of hydrogen-bond acceptors (Lipinski definition) is 4. The highest BCUT2D eigenvalue weighted by molar-refractivity contribution is 5.85. The van der Waals surface area contributed by atoms with Gasteiger partial charge in [-0.1, -0.05) is 121 Å². The highest BCUT2D eigenvalue weighted by atomic mass is 15.0. The lowest BCUT2D eigenvalue weighted by atomic mass is 9.94. The van der Waals surface area contributed by atoms with Crippen LogP contribution in [0.4, 0.5) is 0 Å². The zero-order valence-electron chi connectivity index (χ0n) is 22.8. The largest absolute Gasteiger partial charge is 0.256 e. The highest BCUT2D eigenvalue weighted by Crippen LogP contribution is 2.36. The molecular formula is C38H26N4. The van der Waals surface area contributed by atoms with Crippen LogP contribution in [0.25, 0.3) is 67.4 Å². The van der Waals surface area contributed by atoms with Crippen LogP contribution in [0.15, 0.2) is 158 Å². The summed E-state index contributed by atoms with van der Waals surface area (Å²) in [5.41, 5.74) is 10.5. The molecule has 0 aliphatic rings. The van der Waals surface area contributed by atoms with Crippen LogP contribution >= 0.6 is 0 Å². The van der Waals surface area contributed by atoms with Gasteiger partial charge in [0.1, 0.15) is 6.33 Å². The predicted molar refractivity (Wildman–Crippen MR) is 170 cm³/mol. The van der Waals surface area contributed by atoms with Gasteiger partial charge in [-0.25, -0.2) is 15.0 Å². The second-order valence-corrected chi connectivity index (χ2v) is 10.0. The van der Waals surface area contributed by atoms with Crippen molar-refractivity contribution in [3.05, 3.63) is 158 Å². The molecule has 0 amide bonds. The van der Waals surface area contributed by atoms with Crippen LogP contribution in [0.5, 0.6) is 0 Å². The summed E-state index contributed by atoms with van der Waals surface area (Å²) < 4.78 is 0. The molecule has 2 aromatic heterocycles. The summed E-state index contributed by atoms with van der Waals surface area (Å²) in [4.78, 5) is 18.9. The third-order valence-corrected chi connectivity index (χ3v) is 7.29. The van der Waals surface area contributed by atoms with E-state index in [2.05, 4.69) is 119 Å². The minimum absolute atomic E-state index is 0.614. The second-order valence-electron chi connectivity index (χ2n) is 10.0. The molecule has 42 heavy (non-hydrogen) atoms. The number of benzene rings is 5. The van der Waals surface area contributed by atoms with E-state index in [4.69, 9.17) is 9.97 Å². The molecule has 0 atom stereocenters. The summed E-state index contributed by atoms with van der Waals surface area (Å²) in [5, 5.41) is 0. The van der Waals surface area contributed by atoms with Gasteiger partial charge in [0.15, 0.2) is 11.6 Å². The van der Waals surface area contributed by atoms with Gasteiger partial charge in [0.2, 0.25) is 0 Å². The zero-order valence-corrected chi connectivity index (χ0v) is 22.8. The molecule has 0 unspecified atom stereocenters.